The zero-order valence-corrected chi connectivity index (χ0v) is 12.5. The second-order valence-corrected chi connectivity index (χ2v) is 6.13. The van der Waals surface area contributed by atoms with Gasteiger partial charge in [0.15, 0.2) is 5.11 Å². The Balaban J connectivity index is 2.62. The van der Waals surface area contributed by atoms with E-state index >= 15 is 0 Å². The van der Waals surface area contributed by atoms with E-state index in [1.165, 1.54) is 12.1 Å². The molecular weight excluding hydrogens is 271 g/mol. The molecule has 0 radical (unpaired) electrons. The first-order valence-corrected chi connectivity index (χ1v) is 6.51. The van der Waals surface area contributed by atoms with Crippen molar-refractivity contribution in [1.82, 2.24) is 5.32 Å². The van der Waals surface area contributed by atoms with E-state index < -0.39 is 5.82 Å². The van der Waals surface area contributed by atoms with Gasteiger partial charge in [-0.3, -0.25) is 0 Å². The third kappa shape index (κ3) is 4.42. The fourth-order valence-corrected chi connectivity index (χ4v) is 1.63. The number of thiocarbonyl (C=S) groups is 1. The molecule has 2 N–H and O–H groups in total. The molecule has 0 aliphatic rings. The van der Waals surface area contributed by atoms with Gasteiger partial charge in [0.1, 0.15) is 5.82 Å². The normalized spacial score (nSPS) is 13.0. The third-order valence-electron chi connectivity index (χ3n) is 2.82. The maximum Gasteiger partial charge on any atom is 0.171 e. The highest BCUT2D eigenvalue weighted by Crippen LogP contribution is 2.20. The molecule has 0 saturated heterocycles. The van der Waals surface area contributed by atoms with Crippen LogP contribution < -0.4 is 10.6 Å². The number of hydrogen-bond donors (Lipinski definition) is 2. The highest BCUT2D eigenvalue weighted by atomic mass is 35.5. The standard InChI is InChI=1S/C13H18ClFN2S/c1-8(13(2,3)4)16-12(18)17-9-5-6-11(15)10(14)7-9/h5-8H,1-4H3,(H2,16,17,18). The van der Waals surface area contributed by atoms with E-state index in [1.54, 1.807) is 6.07 Å². The van der Waals surface area contributed by atoms with Gasteiger partial charge < -0.3 is 10.6 Å². The fraction of sp³-hybridized carbons (Fsp3) is 0.462. The summed E-state index contributed by atoms with van der Waals surface area (Å²) >= 11 is 10.9. The molecule has 0 bridgehead atoms. The van der Waals surface area contributed by atoms with Crippen LogP contribution in [0.2, 0.25) is 5.02 Å². The molecule has 2 nitrogen and oxygen atoms in total. The highest BCUT2D eigenvalue weighted by Gasteiger charge is 2.20. The van der Waals surface area contributed by atoms with Crippen LogP contribution in [0.15, 0.2) is 18.2 Å². The Hall–Kier alpha value is -0.870. The van der Waals surface area contributed by atoms with E-state index in [9.17, 15) is 4.39 Å². The minimum absolute atomic E-state index is 0.0756. The molecule has 0 aromatic heterocycles. The van der Waals surface area contributed by atoms with Crippen LogP contribution in [0.1, 0.15) is 27.7 Å². The number of rotatable bonds is 2. The molecule has 0 aliphatic carbocycles. The van der Waals surface area contributed by atoms with Crippen molar-refractivity contribution in [2.75, 3.05) is 5.32 Å². The van der Waals surface area contributed by atoms with E-state index in [2.05, 4.69) is 38.3 Å². The van der Waals surface area contributed by atoms with Gasteiger partial charge in [-0.25, -0.2) is 4.39 Å². The lowest BCUT2D eigenvalue weighted by Gasteiger charge is -2.29. The van der Waals surface area contributed by atoms with Crippen molar-refractivity contribution in [3.05, 3.63) is 29.0 Å². The molecule has 0 heterocycles. The Labute approximate surface area is 118 Å². The predicted octanol–water partition coefficient (Wildman–Crippen LogP) is 4.20. The van der Waals surface area contributed by atoms with Crippen LogP contribution in [-0.2, 0) is 0 Å². The van der Waals surface area contributed by atoms with Crippen LogP contribution in [-0.4, -0.2) is 11.2 Å². The van der Waals surface area contributed by atoms with E-state index in [1.807, 2.05) is 0 Å². The summed E-state index contributed by atoms with van der Waals surface area (Å²) in [4.78, 5) is 0. The highest BCUT2D eigenvalue weighted by molar-refractivity contribution is 7.80. The molecule has 0 aliphatic heterocycles. The molecule has 0 spiro atoms. The van der Waals surface area contributed by atoms with Crippen molar-refractivity contribution in [1.29, 1.82) is 0 Å². The van der Waals surface area contributed by atoms with E-state index in [0.29, 0.717) is 10.8 Å². The number of benzene rings is 1. The first-order chi connectivity index (χ1) is 8.20. The third-order valence-corrected chi connectivity index (χ3v) is 3.33. The monoisotopic (exact) mass is 288 g/mol. The molecule has 1 aromatic rings. The summed E-state index contributed by atoms with van der Waals surface area (Å²) in [6, 6.07) is 4.62. The van der Waals surface area contributed by atoms with E-state index in [-0.39, 0.29) is 16.5 Å². The van der Waals surface area contributed by atoms with Gasteiger partial charge >= 0.3 is 0 Å². The smallest absolute Gasteiger partial charge is 0.171 e. The Bertz CT molecular complexity index is 443. The molecule has 1 atom stereocenters. The zero-order valence-electron chi connectivity index (χ0n) is 11.0. The van der Waals surface area contributed by atoms with Crippen molar-refractivity contribution in [3.63, 3.8) is 0 Å². The molecule has 0 amide bonds. The van der Waals surface area contributed by atoms with Gasteiger partial charge in [0, 0.05) is 11.7 Å². The number of halogens is 2. The first-order valence-electron chi connectivity index (χ1n) is 5.72. The largest absolute Gasteiger partial charge is 0.359 e. The molecule has 1 rings (SSSR count). The Kier molecular flexibility index (Phi) is 4.93. The zero-order chi connectivity index (χ0) is 13.9. The molecule has 0 saturated carbocycles. The lowest BCUT2D eigenvalue weighted by molar-refractivity contribution is 0.317. The van der Waals surface area contributed by atoms with Crippen molar-refractivity contribution < 1.29 is 4.39 Å². The number of anilines is 1. The first kappa shape index (κ1) is 15.2. The lowest BCUT2D eigenvalue weighted by Crippen LogP contribution is -2.43. The molecule has 5 heteroatoms. The fourth-order valence-electron chi connectivity index (χ4n) is 1.15. The van der Waals surface area contributed by atoms with Crippen molar-refractivity contribution in [2.45, 2.75) is 33.7 Å². The minimum atomic E-state index is -0.441. The summed E-state index contributed by atoms with van der Waals surface area (Å²) in [6.45, 7) is 8.44. The van der Waals surface area contributed by atoms with E-state index in [0.717, 1.165) is 0 Å². The molecule has 0 fully saturated rings. The van der Waals surface area contributed by atoms with Gasteiger partial charge in [-0.2, -0.15) is 0 Å². The van der Waals surface area contributed by atoms with Crippen LogP contribution in [0.5, 0.6) is 0 Å². The van der Waals surface area contributed by atoms with Gasteiger partial charge in [-0.1, -0.05) is 32.4 Å². The summed E-state index contributed by atoms with van der Waals surface area (Å²) < 4.78 is 13.0. The van der Waals surface area contributed by atoms with Gasteiger partial charge in [0.2, 0.25) is 0 Å². The molecule has 100 valence electrons. The Morgan fingerprint density at radius 3 is 2.50 bits per heavy atom. The van der Waals surface area contributed by atoms with Crippen molar-refractivity contribution in [2.24, 2.45) is 5.41 Å². The number of hydrogen-bond acceptors (Lipinski definition) is 1. The van der Waals surface area contributed by atoms with Crippen LogP contribution in [0.4, 0.5) is 10.1 Å². The van der Waals surface area contributed by atoms with Gasteiger partial charge in [0.05, 0.1) is 5.02 Å². The summed E-state index contributed by atoms with van der Waals surface area (Å²) in [5, 5.41) is 6.74. The molecule has 1 unspecified atom stereocenters. The molecule has 1 aromatic carbocycles. The maximum absolute atomic E-state index is 13.0. The molecule has 18 heavy (non-hydrogen) atoms. The van der Waals surface area contributed by atoms with Gasteiger partial charge in [0.25, 0.3) is 0 Å². The summed E-state index contributed by atoms with van der Waals surface area (Å²) in [6.07, 6.45) is 0. The maximum atomic E-state index is 13.0. The second kappa shape index (κ2) is 5.85. The summed E-state index contributed by atoms with van der Waals surface area (Å²) in [5.41, 5.74) is 0.770. The molecular formula is C13H18ClFN2S. The van der Waals surface area contributed by atoms with Crippen LogP contribution in [0.3, 0.4) is 0 Å². The average molecular weight is 289 g/mol. The van der Waals surface area contributed by atoms with Gasteiger partial charge in [-0.15, -0.1) is 0 Å². The second-order valence-electron chi connectivity index (χ2n) is 5.32. The SMILES string of the molecule is CC(NC(=S)Nc1ccc(F)c(Cl)c1)C(C)(C)C. The number of nitrogens with one attached hydrogen (secondary N) is 2. The van der Waals surface area contributed by atoms with Crippen molar-refractivity contribution >= 4 is 34.6 Å². The van der Waals surface area contributed by atoms with Crippen LogP contribution in [0, 0.1) is 11.2 Å². The average Bonchev–Trinajstić information content (AvgIpc) is 2.22. The quantitative estimate of drug-likeness (QED) is 0.798. The van der Waals surface area contributed by atoms with Gasteiger partial charge in [-0.05, 0) is 42.8 Å². The minimum Gasteiger partial charge on any atom is -0.359 e. The lowest BCUT2D eigenvalue weighted by atomic mass is 9.88. The van der Waals surface area contributed by atoms with Crippen LogP contribution >= 0.6 is 23.8 Å². The summed E-state index contributed by atoms with van der Waals surface area (Å²) in [7, 11) is 0. The summed E-state index contributed by atoms with van der Waals surface area (Å²) in [5.74, 6) is -0.441. The van der Waals surface area contributed by atoms with Crippen LogP contribution in [0.25, 0.3) is 0 Å². The predicted molar refractivity (Wildman–Crippen MR) is 79.7 cm³/mol. The Morgan fingerprint density at radius 1 is 1.39 bits per heavy atom. The van der Waals surface area contributed by atoms with E-state index in [4.69, 9.17) is 23.8 Å². The topological polar surface area (TPSA) is 24.1 Å². The Morgan fingerprint density at radius 2 is 2.00 bits per heavy atom. The van der Waals surface area contributed by atoms with Crippen molar-refractivity contribution in [3.8, 4) is 0 Å².